The van der Waals surface area contributed by atoms with E-state index in [0.717, 1.165) is 118 Å². The van der Waals surface area contributed by atoms with Crippen LogP contribution in [0.3, 0.4) is 0 Å². The van der Waals surface area contributed by atoms with Crippen LogP contribution < -0.4 is 0 Å². The summed E-state index contributed by atoms with van der Waals surface area (Å²) in [6.45, 7) is 40.9. The number of esters is 3. The van der Waals surface area contributed by atoms with Gasteiger partial charge in [0, 0.05) is 67.4 Å². The minimum absolute atomic E-state index is 0.200. The number of ether oxygens (including phenoxy) is 3. The van der Waals surface area contributed by atoms with Gasteiger partial charge < -0.3 is 39.7 Å². The van der Waals surface area contributed by atoms with Gasteiger partial charge in [-0.05, 0) is 274 Å². The normalized spacial score (nSPS) is 11.2. The quantitative estimate of drug-likeness (QED) is 0.0306. The third-order valence-electron chi connectivity index (χ3n) is 18.9. The maximum atomic E-state index is 12.4. The highest BCUT2D eigenvalue weighted by atomic mass is 16.5. The fourth-order valence-corrected chi connectivity index (χ4v) is 13.0. The average molecular weight is 1550 g/mol. The number of aryl methyl sites for hydroxylation is 15. The number of hydrogen-bond donors (Lipinski definition) is 5. The molecule has 0 aliphatic rings. The molecule has 0 fully saturated rings. The lowest BCUT2D eigenvalue weighted by molar-refractivity contribution is 0.0515. The van der Waals surface area contributed by atoms with Gasteiger partial charge in [0.05, 0.1) is 96.1 Å². The van der Waals surface area contributed by atoms with Crippen LogP contribution in [0, 0.1) is 125 Å². The molecule has 5 heterocycles. The molecule has 0 saturated heterocycles. The van der Waals surface area contributed by atoms with Gasteiger partial charge in [0.25, 0.3) is 0 Å². The maximum Gasteiger partial charge on any atom is 0.340 e. The molecule has 21 heteroatoms. The summed E-state index contributed by atoms with van der Waals surface area (Å²) in [5.74, 6) is 0.111. The van der Waals surface area contributed by atoms with E-state index in [0.29, 0.717) is 81.8 Å². The summed E-state index contributed by atoms with van der Waals surface area (Å²) in [4.78, 5) is 36.6. The number of nitrogens with zero attached hydrogens (tertiary/aromatic N) is 10. The molecule has 5 aromatic heterocycles. The summed E-state index contributed by atoms with van der Waals surface area (Å²) in [6.07, 6.45) is 8.24. The van der Waals surface area contributed by atoms with Crippen molar-refractivity contribution in [2.24, 2.45) is 25.5 Å². The van der Waals surface area contributed by atoms with Crippen molar-refractivity contribution in [1.29, 1.82) is 0 Å². The lowest BCUT2D eigenvalue weighted by atomic mass is 10.1. The first-order chi connectivity index (χ1) is 54.7. The van der Waals surface area contributed by atoms with E-state index in [9.17, 15) is 39.9 Å². The summed E-state index contributed by atoms with van der Waals surface area (Å²) in [5, 5.41) is 73.2. The van der Waals surface area contributed by atoms with Crippen molar-refractivity contribution in [1.82, 2.24) is 23.4 Å². The zero-order valence-corrected chi connectivity index (χ0v) is 69.8. The van der Waals surface area contributed by atoms with Crippen molar-refractivity contribution in [2.45, 2.75) is 145 Å². The Kier molecular flexibility index (Phi) is 30.2. The smallest absolute Gasteiger partial charge is 0.340 e. The number of benzene rings is 7. The molecule has 0 unspecified atom stereocenters. The minimum atomic E-state index is -0.375. The van der Waals surface area contributed by atoms with Crippen LogP contribution in [0.2, 0.25) is 0 Å². The van der Waals surface area contributed by atoms with E-state index in [-0.39, 0.29) is 35.2 Å². The predicted molar refractivity (Wildman–Crippen MR) is 462 cm³/mol. The number of hydrogen-bond acceptors (Lipinski definition) is 16. The van der Waals surface area contributed by atoms with Crippen molar-refractivity contribution in [3.8, 4) is 51.3 Å². The van der Waals surface area contributed by atoms with E-state index in [1.165, 1.54) is 0 Å². The van der Waals surface area contributed by atoms with Gasteiger partial charge in [-0.1, -0.05) is 91.0 Å². The molecule has 0 aliphatic heterocycles. The largest absolute Gasteiger partial charge is 0.507 e. The fourth-order valence-electron chi connectivity index (χ4n) is 13.0. The highest BCUT2D eigenvalue weighted by Gasteiger charge is 2.23. The number of aromatic hydroxyl groups is 5. The number of rotatable bonds is 18. The Bertz CT molecular complexity index is 5320. The van der Waals surface area contributed by atoms with Crippen molar-refractivity contribution in [2.75, 3.05) is 19.8 Å². The molecule has 12 rings (SSSR count). The summed E-state index contributed by atoms with van der Waals surface area (Å²) in [7, 11) is 0. The second-order valence-corrected chi connectivity index (χ2v) is 28.3. The van der Waals surface area contributed by atoms with E-state index in [1.807, 2.05) is 280 Å². The molecular formula is C94H106N10O11. The zero-order valence-electron chi connectivity index (χ0n) is 69.8. The van der Waals surface area contributed by atoms with Crippen molar-refractivity contribution in [3.05, 3.63) is 309 Å². The number of carbonyl (C=O) groups excluding carboxylic acids is 3. The molecule has 0 amide bonds. The molecule has 0 radical (unpaired) electrons. The number of carbonyl (C=O) groups is 3. The standard InChI is InChI=1S/2C23H24N2O3.C18H22N2O3.2C15H18N2O/c2*1-5-28-23(27)20-13-21(18-9-7-6-8-10-18)25(17(20)4)24-14-19-12-15(2)11-16(3)22(19)26;1-6-23-18(22)16-9-13(4)20(14(16)5)19-10-15-8-11(2)7-12(3)17(15)21;2*1-10-7-11(2)15(18)14(8-10)9-16-17-12(3)5-6-13(17)4/h2*6-14,26H,5H2,1-4H3;7-10,21H,6H2,1-5H3;2*5-9,18H,1-4H3/b2*24-14+;19-10+;2*16-9+. The monoisotopic (exact) mass is 1550 g/mol. The van der Waals surface area contributed by atoms with Crippen LogP contribution in [0.4, 0.5) is 0 Å². The zero-order chi connectivity index (χ0) is 84.2. The van der Waals surface area contributed by atoms with Crippen LogP contribution in [0.25, 0.3) is 22.5 Å². The molecular weight excluding hydrogens is 1450 g/mol. The Morgan fingerprint density at radius 2 is 0.513 bits per heavy atom. The first-order valence-electron chi connectivity index (χ1n) is 37.9. The fraction of sp³-hybridized carbons (Fsp3) is 0.255. The summed E-state index contributed by atoms with van der Waals surface area (Å²) in [5.41, 5.74) is 25.0. The Morgan fingerprint density at radius 1 is 0.287 bits per heavy atom. The molecule has 0 bridgehead atoms. The lowest BCUT2D eigenvalue weighted by Gasteiger charge is -2.08. The molecule has 0 aliphatic carbocycles. The van der Waals surface area contributed by atoms with E-state index in [2.05, 4.69) is 25.5 Å². The van der Waals surface area contributed by atoms with Gasteiger partial charge in [0.2, 0.25) is 0 Å². The predicted octanol–water partition coefficient (Wildman–Crippen LogP) is 19.8. The van der Waals surface area contributed by atoms with Gasteiger partial charge >= 0.3 is 17.9 Å². The molecule has 0 atom stereocenters. The minimum Gasteiger partial charge on any atom is -0.507 e. The van der Waals surface area contributed by atoms with Gasteiger partial charge in [-0.3, -0.25) is 0 Å². The molecule has 0 spiro atoms. The molecule has 21 nitrogen and oxygen atoms in total. The highest BCUT2D eigenvalue weighted by molar-refractivity contribution is 5.95. The van der Waals surface area contributed by atoms with Crippen LogP contribution in [0.1, 0.15) is 181 Å². The van der Waals surface area contributed by atoms with E-state index in [1.54, 1.807) is 84.1 Å². The third-order valence-corrected chi connectivity index (χ3v) is 18.9. The van der Waals surface area contributed by atoms with Gasteiger partial charge in [-0.2, -0.15) is 25.5 Å². The summed E-state index contributed by atoms with van der Waals surface area (Å²) >= 11 is 0. The van der Waals surface area contributed by atoms with Crippen molar-refractivity contribution >= 4 is 49.0 Å². The molecule has 598 valence electrons. The van der Waals surface area contributed by atoms with Crippen molar-refractivity contribution < 1.29 is 54.1 Å². The maximum absolute atomic E-state index is 12.4. The van der Waals surface area contributed by atoms with E-state index in [4.69, 9.17) is 14.2 Å². The topological polar surface area (TPSA) is 266 Å². The highest BCUT2D eigenvalue weighted by Crippen LogP contribution is 2.32. The first kappa shape index (κ1) is 87.3. The van der Waals surface area contributed by atoms with Crippen LogP contribution in [0.5, 0.6) is 28.7 Å². The van der Waals surface area contributed by atoms with Crippen LogP contribution in [-0.2, 0) is 14.2 Å². The molecule has 115 heavy (non-hydrogen) atoms. The Hall–Kier alpha value is -13.3. The van der Waals surface area contributed by atoms with E-state index >= 15 is 0 Å². The Labute approximate surface area is 674 Å². The number of phenols is 5. The second kappa shape index (κ2) is 39.7. The van der Waals surface area contributed by atoms with Crippen molar-refractivity contribution in [3.63, 3.8) is 0 Å². The van der Waals surface area contributed by atoms with E-state index < -0.39 is 0 Å². The number of aromatic nitrogens is 5. The van der Waals surface area contributed by atoms with Gasteiger partial charge in [-0.15, -0.1) is 0 Å². The third kappa shape index (κ3) is 22.1. The molecule has 5 N–H and O–H groups in total. The van der Waals surface area contributed by atoms with Crippen LogP contribution in [0.15, 0.2) is 189 Å². The first-order valence-corrected chi connectivity index (χ1v) is 37.9. The lowest BCUT2D eigenvalue weighted by Crippen LogP contribution is -2.06. The molecule has 0 saturated carbocycles. The van der Waals surface area contributed by atoms with Gasteiger partial charge in [-0.25, -0.2) is 37.8 Å². The Balaban J connectivity index is 0.000000182. The molecule has 7 aromatic carbocycles. The second-order valence-electron chi connectivity index (χ2n) is 28.3. The SMILES string of the molecule is CCOC(=O)c1cc(-c2ccccc2)n(/N=C/c2cc(C)cc(C)c2O)c1C.CCOC(=O)c1cc(-c2ccccc2)n(/N=C/c2cc(C)cc(C)c2O)c1C.CCOC(=O)c1cc(C)n(/N=C/c2cc(C)cc(C)c2O)c1C.Cc1cc(C)c(O)c(/C=N/n2c(C)ccc2C)c1.Cc1cc(C)c(O)c(/C=N/n2c(C)ccc2C)c1. The average Bonchev–Trinajstić information content (AvgIpc) is 1.65. The number of phenolic OH excluding ortho intramolecular Hbond substituents is 5. The van der Waals surface area contributed by atoms with Gasteiger partial charge in [0.1, 0.15) is 28.7 Å². The van der Waals surface area contributed by atoms with Gasteiger partial charge in [0.15, 0.2) is 0 Å². The van der Waals surface area contributed by atoms with Crippen LogP contribution in [-0.4, -0.2) is 118 Å². The summed E-state index contributed by atoms with van der Waals surface area (Å²) < 4.78 is 24.2. The van der Waals surface area contributed by atoms with Crippen LogP contribution >= 0.6 is 0 Å². The summed E-state index contributed by atoms with van der Waals surface area (Å²) in [6, 6.07) is 52.0. The molecule has 12 aromatic rings. The Morgan fingerprint density at radius 3 is 0.765 bits per heavy atom.